The summed E-state index contributed by atoms with van der Waals surface area (Å²) in [4.78, 5) is 15.1. The number of hydrogen-bond donors (Lipinski definition) is 1. The molecule has 0 bridgehead atoms. The molecule has 0 spiro atoms. The largest absolute Gasteiger partial charge is 0.381 e. The number of halogens is 2. The molecule has 0 unspecified atom stereocenters. The zero-order valence-corrected chi connectivity index (χ0v) is 11.8. The molecule has 0 aromatic carbocycles. The Kier molecular flexibility index (Phi) is 3.82. The normalized spacial score (nSPS) is 28.8. The molecule has 3 atom stereocenters. The minimum Gasteiger partial charge on any atom is -0.381 e. The fourth-order valence-electron chi connectivity index (χ4n) is 2.86. The summed E-state index contributed by atoms with van der Waals surface area (Å²) in [5.41, 5.74) is 3.76. The first-order valence-electron chi connectivity index (χ1n) is 6.72. The first-order valence-corrected chi connectivity index (χ1v) is 6.72. The van der Waals surface area contributed by atoms with Gasteiger partial charge in [-0.25, -0.2) is 13.6 Å². The van der Waals surface area contributed by atoms with Gasteiger partial charge in [0.25, 0.3) is 0 Å². The fraction of sp³-hybridized carbons (Fsp3) is 0.692. The van der Waals surface area contributed by atoms with E-state index in [2.05, 4.69) is 4.98 Å². The van der Waals surface area contributed by atoms with Crippen LogP contribution in [0.15, 0.2) is 11.0 Å². The van der Waals surface area contributed by atoms with Crippen molar-refractivity contribution in [1.82, 2.24) is 9.55 Å². The maximum absolute atomic E-state index is 14.5. The van der Waals surface area contributed by atoms with Gasteiger partial charge in [-0.1, -0.05) is 20.8 Å². The van der Waals surface area contributed by atoms with Crippen LogP contribution in [-0.2, 0) is 4.74 Å². The van der Waals surface area contributed by atoms with E-state index in [4.69, 9.17) is 10.5 Å². The molecular formula is C13H19F2N3O2. The van der Waals surface area contributed by atoms with Crippen molar-refractivity contribution >= 4 is 5.82 Å². The quantitative estimate of drug-likeness (QED) is 0.923. The van der Waals surface area contributed by atoms with Crippen LogP contribution in [0.2, 0.25) is 0 Å². The molecule has 1 fully saturated rings. The monoisotopic (exact) mass is 287 g/mol. The van der Waals surface area contributed by atoms with E-state index in [1.807, 2.05) is 13.8 Å². The van der Waals surface area contributed by atoms with Gasteiger partial charge in [-0.05, 0) is 12.8 Å². The molecule has 2 N–H and O–H groups in total. The van der Waals surface area contributed by atoms with Crippen LogP contribution in [0.3, 0.4) is 0 Å². The Bertz CT molecular complexity index is 557. The maximum Gasteiger partial charge on any atom is 0.351 e. The van der Waals surface area contributed by atoms with Gasteiger partial charge in [-0.15, -0.1) is 0 Å². The molecule has 1 saturated heterocycles. The van der Waals surface area contributed by atoms with Crippen LogP contribution in [-0.4, -0.2) is 21.3 Å². The summed E-state index contributed by atoms with van der Waals surface area (Å²) in [6.07, 6.45) is -0.490. The molecule has 1 aliphatic heterocycles. The average Bonchev–Trinajstić information content (AvgIpc) is 2.68. The highest BCUT2D eigenvalue weighted by Crippen LogP contribution is 2.46. The van der Waals surface area contributed by atoms with Gasteiger partial charge in [0, 0.05) is 5.92 Å². The number of nitrogens with two attached hydrogens (primary N) is 1. The first-order chi connectivity index (χ1) is 9.36. The molecule has 5 nitrogen and oxygen atoms in total. The third-order valence-corrected chi connectivity index (χ3v) is 4.34. The SMILES string of the molecule is CCC1(CC)O[C@@H](n2cc(F)c(N)nc2=O)[C@@H](F)[C@@H]1C. The second-order valence-corrected chi connectivity index (χ2v) is 5.18. The van der Waals surface area contributed by atoms with Crippen LogP contribution in [0.1, 0.15) is 39.8 Å². The molecule has 0 amide bonds. The number of anilines is 1. The number of nitrogen functional groups attached to an aromatic ring is 1. The Morgan fingerprint density at radius 1 is 1.50 bits per heavy atom. The van der Waals surface area contributed by atoms with Gasteiger partial charge in [0.2, 0.25) is 0 Å². The van der Waals surface area contributed by atoms with Crippen molar-refractivity contribution in [3.05, 3.63) is 22.5 Å². The number of alkyl halides is 1. The molecule has 0 aliphatic carbocycles. The topological polar surface area (TPSA) is 70.1 Å². The Hall–Kier alpha value is -1.50. The van der Waals surface area contributed by atoms with Gasteiger partial charge in [0.05, 0.1) is 11.8 Å². The smallest absolute Gasteiger partial charge is 0.351 e. The van der Waals surface area contributed by atoms with Crippen LogP contribution in [0.25, 0.3) is 0 Å². The summed E-state index contributed by atoms with van der Waals surface area (Å²) in [6.45, 7) is 5.54. The predicted molar refractivity (Wildman–Crippen MR) is 70.4 cm³/mol. The molecule has 0 saturated carbocycles. The standard InChI is InChI=1S/C13H19F2N3O2/c1-4-13(5-2)7(3)9(15)11(20-13)18-6-8(14)10(16)17-12(18)19/h6-7,9,11H,4-5H2,1-3H3,(H2,16,17,19)/t7-,9-,11+/m0/s1. The lowest BCUT2D eigenvalue weighted by Crippen LogP contribution is -2.34. The van der Waals surface area contributed by atoms with E-state index in [1.54, 1.807) is 6.92 Å². The molecule has 2 rings (SSSR count). The van der Waals surface area contributed by atoms with Crippen molar-refractivity contribution in [2.45, 2.75) is 51.6 Å². The summed E-state index contributed by atoms with van der Waals surface area (Å²) in [7, 11) is 0. The van der Waals surface area contributed by atoms with Crippen molar-refractivity contribution in [2.75, 3.05) is 5.73 Å². The third kappa shape index (κ3) is 2.09. The Morgan fingerprint density at radius 2 is 2.10 bits per heavy atom. The van der Waals surface area contributed by atoms with Gasteiger partial charge in [0.1, 0.15) is 0 Å². The van der Waals surface area contributed by atoms with Crippen LogP contribution >= 0.6 is 0 Å². The van der Waals surface area contributed by atoms with E-state index in [1.165, 1.54) is 0 Å². The number of hydrogen-bond acceptors (Lipinski definition) is 4. The van der Waals surface area contributed by atoms with E-state index in [0.717, 1.165) is 10.8 Å². The van der Waals surface area contributed by atoms with E-state index >= 15 is 0 Å². The molecule has 7 heteroatoms. The second-order valence-electron chi connectivity index (χ2n) is 5.18. The van der Waals surface area contributed by atoms with Crippen LogP contribution in [0, 0.1) is 11.7 Å². The summed E-state index contributed by atoms with van der Waals surface area (Å²) < 4.78 is 34.6. The highest BCUT2D eigenvalue weighted by atomic mass is 19.1. The summed E-state index contributed by atoms with van der Waals surface area (Å²) in [6, 6.07) is 0. The number of ether oxygens (including phenoxy) is 1. The van der Waals surface area contributed by atoms with Crippen molar-refractivity contribution in [2.24, 2.45) is 5.92 Å². The number of aromatic nitrogens is 2. The van der Waals surface area contributed by atoms with Crippen molar-refractivity contribution < 1.29 is 13.5 Å². The van der Waals surface area contributed by atoms with Crippen molar-refractivity contribution in [1.29, 1.82) is 0 Å². The summed E-state index contributed by atoms with van der Waals surface area (Å²) in [5, 5.41) is 0. The zero-order chi connectivity index (χ0) is 15.1. The minimum atomic E-state index is -1.41. The highest BCUT2D eigenvalue weighted by Gasteiger charge is 2.52. The van der Waals surface area contributed by atoms with Crippen LogP contribution in [0.4, 0.5) is 14.6 Å². The Labute approximate surface area is 115 Å². The first kappa shape index (κ1) is 14.9. The van der Waals surface area contributed by atoms with E-state index in [-0.39, 0.29) is 0 Å². The lowest BCUT2D eigenvalue weighted by Gasteiger charge is -2.30. The minimum absolute atomic E-state index is 0.394. The second kappa shape index (κ2) is 5.12. The zero-order valence-electron chi connectivity index (χ0n) is 11.8. The van der Waals surface area contributed by atoms with Gasteiger partial charge >= 0.3 is 5.69 Å². The molecule has 20 heavy (non-hydrogen) atoms. The Balaban J connectivity index is 2.45. The van der Waals surface area contributed by atoms with E-state index < -0.39 is 41.2 Å². The predicted octanol–water partition coefficient (Wildman–Crippen LogP) is 2.03. The summed E-state index contributed by atoms with van der Waals surface area (Å²) >= 11 is 0. The molecule has 1 aromatic rings. The van der Waals surface area contributed by atoms with Gasteiger partial charge in [0.15, 0.2) is 24.0 Å². The van der Waals surface area contributed by atoms with Crippen molar-refractivity contribution in [3.8, 4) is 0 Å². The van der Waals surface area contributed by atoms with Gasteiger partial charge in [-0.2, -0.15) is 4.98 Å². The molecular weight excluding hydrogens is 268 g/mol. The maximum atomic E-state index is 14.5. The molecule has 0 radical (unpaired) electrons. The van der Waals surface area contributed by atoms with E-state index in [9.17, 15) is 13.6 Å². The Morgan fingerprint density at radius 3 is 2.60 bits per heavy atom. The fourth-order valence-corrected chi connectivity index (χ4v) is 2.86. The van der Waals surface area contributed by atoms with Gasteiger partial charge < -0.3 is 10.5 Å². The van der Waals surface area contributed by atoms with E-state index in [0.29, 0.717) is 12.8 Å². The van der Waals surface area contributed by atoms with Crippen molar-refractivity contribution in [3.63, 3.8) is 0 Å². The summed E-state index contributed by atoms with van der Waals surface area (Å²) in [5.74, 6) is -1.75. The lowest BCUT2D eigenvalue weighted by molar-refractivity contribution is -0.0938. The average molecular weight is 287 g/mol. The number of nitrogens with zero attached hydrogens (tertiary/aromatic N) is 2. The van der Waals surface area contributed by atoms with Crippen LogP contribution in [0.5, 0.6) is 0 Å². The molecule has 112 valence electrons. The van der Waals surface area contributed by atoms with Crippen LogP contribution < -0.4 is 11.4 Å². The molecule has 1 aliphatic rings. The lowest BCUT2D eigenvalue weighted by atomic mass is 9.83. The number of rotatable bonds is 3. The molecule has 2 heterocycles. The third-order valence-electron chi connectivity index (χ3n) is 4.34. The highest BCUT2D eigenvalue weighted by molar-refractivity contribution is 5.26. The molecule has 1 aromatic heterocycles. The van der Waals surface area contributed by atoms with Gasteiger partial charge in [-0.3, -0.25) is 4.57 Å².